The van der Waals surface area contributed by atoms with Crippen LogP contribution in [0.15, 0.2) is 71.8 Å². The van der Waals surface area contributed by atoms with Crippen molar-refractivity contribution in [2.45, 2.75) is 25.8 Å². The van der Waals surface area contributed by atoms with Crippen LogP contribution in [0, 0.1) is 0 Å². The number of H-pyrrole nitrogens is 1. The number of hydrogen-bond donors (Lipinski definition) is 2. The summed E-state index contributed by atoms with van der Waals surface area (Å²) in [6.07, 6.45) is 3.77. The van der Waals surface area contributed by atoms with E-state index >= 15 is 0 Å². The summed E-state index contributed by atoms with van der Waals surface area (Å²) in [6.45, 7) is 3.68. The predicted octanol–water partition coefficient (Wildman–Crippen LogP) is 2.96. The van der Waals surface area contributed by atoms with Gasteiger partial charge in [0.25, 0.3) is 11.5 Å². The van der Waals surface area contributed by atoms with Gasteiger partial charge in [-0.1, -0.05) is 36.4 Å². The van der Waals surface area contributed by atoms with Crippen LogP contribution in [0.3, 0.4) is 0 Å². The molecular formula is C27H25N5O4. The van der Waals surface area contributed by atoms with Crippen LogP contribution in [0.4, 0.5) is 11.4 Å². The fraction of sp³-hybridized carbons (Fsp3) is 0.222. The van der Waals surface area contributed by atoms with Crippen LogP contribution in [0.5, 0.6) is 0 Å². The molecule has 0 aliphatic carbocycles. The predicted molar refractivity (Wildman–Crippen MR) is 135 cm³/mol. The molecule has 0 saturated carbocycles. The van der Waals surface area contributed by atoms with E-state index in [9.17, 15) is 14.4 Å². The highest BCUT2D eigenvalue weighted by atomic mass is 16.5. The van der Waals surface area contributed by atoms with Gasteiger partial charge >= 0.3 is 5.97 Å². The Labute approximate surface area is 207 Å². The van der Waals surface area contributed by atoms with Crippen molar-refractivity contribution in [3.63, 3.8) is 0 Å². The van der Waals surface area contributed by atoms with E-state index in [0.717, 1.165) is 16.5 Å². The molecule has 1 aliphatic heterocycles. The number of carbonyl (C=O) groups is 2. The summed E-state index contributed by atoms with van der Waals surface area (Å²) in [5.41, 5.74) is 2.26. The molecule has 1 aliphatic rings. The molecule has 2 aromatic carbocycles. The van der Waals surface area contributed by atoms with Gasteiger partial charge in [0.1, 0.15) is 5.54 Å². The van der Waals surface area contributed by atoms with Gasteiger partial charge in [0.2, 0.25) is 0 Å². The van der Waals surface area contributed by atoms with E-state index in [-0.39, 0.29) is 24.6 Å². The summed E-state index contributed by atoms with van der Waals surface area (Å²) < 4.78 is 5.03. The van der Waals surface area contributed by atoms with Gasteiger partial charge in [-0.05, 0) is 37.6 Å². The Bertz CT molecular complexity index is 1530. The summed E-state index contributed by atoms with van der Waals surface area (Å²) in [7, 11) is 0. The van der Waals surface area contributed by atoms with Crippen molar-refractivity contribution in [2.75, 3.05) is 18.1 Å². The number of esters is 1. The fourth-order valence-electron chi connectivity index (χ4n) is 4.62. The highest BCUT2D eigenvalue weighted by molar-refractivity contribution is 6.12. The number of nitrogens with one attached hydrogen (secondary N) is 2. The van der Waals surface area contributed by atoms with Gasteiger partial charge in [-0.25, -0.2) is 5.10 Å². The molecule has 0 bridgehead atoms. The molecule has 1 amide bonds. The summed E-state index contributed by atoms with van der Waals surface area (Å²) >= 11 is 0. The second-order valence-electron chi connectivity index (χ2n) is 8.71. The quantitative estimate of drug-likeness (QED) is 0.388. The summed E-state index contributed by atoms with van der Waals surface area (Å²) in [5.74, 6) is -0.647. The van der Waals surface area contributed by atoms with E-state index in [0.29, 0.717) is 28.9 Å². The normalized spacial score (nSPS) is 16.8. The van der Waals surface area contributed by atoms with Gasteiger partial charge in [0.15, 0.2) is 0 Å². The zero-order valence-corrected chi connectivity index (χ0v) is 19.9. The average molecular weight is 484 g/mol. The number of fused-ring (bicyclic) bond motifs is 2. The van der Waals surface area contributed by atoms with Gasteiger partial charge in [0, 0.05) is 23.6 Å². The Kier molecular flexibility index (Phi) is 6.07. The number of aromatic nitrogens is 3. The van der Waals surface area contributed by atoms with Gasteiger partial charge in [-0.2, -0.15) is 5.10 Å². The Morgan fingerprint density at radius 2 is 1.83 bits per heavy atom. The Morgan fingerprint density at radius 1 is 1.08 bits per heavy atom. The lowest BCUT2D eigenvalue weighted by Crippen LogP contribution is -2.49. The van der Waals surface area contributed by atoms with Gasteiger partial charge in [-0.3, -0.25) is 29.6 Å². The number of aromatic amines is 1. The van der Waals surface area contributed by atoms with Crippen molar-refractivity contribution in [2.24, 2.45) is 0 Å². The maximum atomic E-state index is 13.8. The number of carbonyl (C=O) groups excluding carboxylic acids is 2. The van der Waals surface area contributed by atoms with Crippen molar-refractivity contribution in [1.82, 2.24) is 20.5 Å². The first kappa shape index (κ1) is 23.4. The van der Waals surface area contributed by atoms with Gasteiger partial charge in [-0.15, -0.1) is 0 Å². The monoisotopic (exact) mass is 483 g/mol. The van der Waals surface area contributed by atoms with Crippen LogP contribution >= 0.6 is 0 Å². The summed E-state index contributed by atoms with van der Waals surface area (Å²) in [4.78, 5) is 43.9. The van der Waals surface area contributed by atoms with E-state index in [4.69, 9.17) is 4.74 Å². The number of rotatable bonds is 7. The van der Waals surface area contributed by atoms with Crippen LogP contribution in [-0.4, -0.2) is 40.2 Å². The molecular weight excluding hydrogens is 458 g/mol. The van der Waals surface area contributed by atoms with Crippen molar-refractivity contribution in [3.8, 4) is 0 Å². The van der Waals surface area contributed by atoms with Crippen LogP contribution in [0.1, 0.15) is 30.7 Å². The lowest BCUT2D eigenvalue weighted by molar-refractivity contribution is -0.142. The number of para-hydroxylation sites is 1. The minimum absolute atomic E-state index is 0.0957. The van der Waals surface area contributed by atoms with Crippen LogP contribution in [0.25, 0.3) is 10.8 Å². The van der Waals surface area contributed by atoms with Crippen molar-refractivity contribution in [1.29, 1.82) is 0 Å². The van der Waals surface area contributed by atoms with Crippen molar-refractivity contribution >= 4 is 34.0 Å². The van der Waals surface area contributed by atoms with Crippen LogP contribution in [-0.2, 0) is 26.3 Å². The maximum absolute atomic E-state index is 13.8. The molecule has 0 fully saturated rings. The third-order valence-corrected chi connectivity index (χ3v) is 6.39. The minimum atomic E-state index is -1.12. The topological polar surface area (TPSA) is 117 Å². The maximum Gasteiger partial charge on any atom is 0.319 e. The van der Waals surface area contributed by atoms with Crippen molar-refractivity contribution in [3.05, 3.63) is 94.2 Å². The Balaban J connectivity index is 1.49. The minimum Gasteiger partial charge on any atom is -0.465 e. The number of nitrogens with zero attached hydrogens (tertiary/aromatic N) is 3. The van der Waals surface area contributed by atoms with E-state index in [1.807, 2.05) is 48.5 Å². The molecule has 2 N–H and O–H groups in total. The number of hydrogen-bond acceptors (Lipinski definition) is 7. The molecule has 0 saturated heterocycles. The average Bonchev–Trinajstić information content (AvgIpc) is 3.12. The van der Waals surface area contributed by atoms with Gasteiger partial charge in [0.05, 0.1) is 41.8 Å². The van der Waals surface area contributed by atoms with Crippen molar-refractivity contribution < 1.29 is 14.3 Å². The highest BCUT2D eigenvalue weighted by Crippen LogP contribution is 2.44. The third kappa shape index (κ3) is 4.03. The largest absolute Gasteiger partial charge is 0.465 e. The molecule has 36 heavy (non-hydrogen) atoms. The smallest absolute Gasteiger partial charge is 0.319 e. The third-order valence-electron chi connectivity index (χ3n) is 6.39. The Hall–Kier alpha value is -4.37. The molecule has 3 heterocycles. The molecule has 0 spiro atoms. The zero-order chi connectivity index (χ0) is 25.3. The molecule has 9 nitrogen and oxygen atoms in total. The second-order valence-corrected chi connectivity index (χ2v) is 8.71. The van der Waals surface area contributed by atoms with Gasteiger partial charge < -0.3 is 4.74 Å². The van der Waals surface area contributed by atoms with E-state index in [1.54, 1.807) is 37.2 Å². The first-order valence-electron chi connectivity index (χ1n) is 11.7. The fourth-order valence-corrected chi connectivity index (χ4v) is 4.62. The molecule has 5 rings (SSSR count). The van der Waals surface area contributed by atoms with E-state index < -0.39 is 11.5 Å². The molecule has 2 aromatic heterocycles. The molecule has 4 aromatic rings. The molecule has 0 radical (unpaired) electrons. The first-order valence-corrected chi connectivity index (χ1v) is 11.7. The molecule has 182 valence electrons. The lowest BCUT2D eigenvalue weighted by Gasteiger charge is -2.25. The number of amides is 1. The highest BCUT2D eigenvalue weighted by Gasteiger charge is 2.48. The molecule has 1 atom stereocenters. The number of ether oxygens (including phenoxy) is 1. The standard InChI is InChI=1S/C27H25N5O4/c1-3-36-24(33)16-29-27(2)21-10-6-7-11-23(21)32(26(27)35)18-12-17(14-28-15-18)13-22-19-8-4-5-9-20(19)25(34)31-30-22/h4-12,14-15,29H,3,13,16H2,1-2H3,(H,31,34). The molecule has 9 heteroatoms. The summed E-state index contributed by atoms with van der Waals surface area (Å²) in [5, 5.41) is 11.3. The van der Waals surface area contributed by atoms with Crippen LogP contribution < -0.4 is 15.8 Å². The van der Waals surface area contributed by atoms with Crippen LogP contribution in [0.2, 0.25) is 0 Å². The number of benzene rings is 2. The molecule has 1 unspecified atom stereocenters. The SMILES string of the molecule is CCOC(=O)CNC1(C)C(=O)N(c2cncc(Cc3n[nH]c(=O)c4ccccc34)c2)c2ccccc21. The summed E-state index contributed by atoms with van der Waals surface area (Å²) in [6, 6.07) is 16.7. The second kappa shape index (κ2) is 9.35. The zero-order valence-electron chi connectivity index (χ0n) is 19.9. The lowest BCUT2D eigenvalue weighted by atomic mass is 9.93. The van der Waals surface area contributed by atoms with E-state index in [2.05, 4.69) is 20.5 Å². The number of pyridine rings is 1. The van der Waals surface area contributed by atoms with E-state index in [1.165, 1.54) is 0 Å². The Morgan fingerprint density at radius 3 is 2.64 bits per heavy atom. The number of anilines is 2. The first-order chi connectivity index (χ1) is 17.4.